The number of hydrogen-bond acceptors (Lipinski definition) is 5. The molecule has 0 bridgehead atoms. The largest absolute Gasteiger partial charge is 0.496 e. The van der Waals surface area contributed by atoms with E-state index >= 15 is 0 Å². The zero-order chi connectivity index (χ0) is 18.7. The van der Waals surface area contributed by atoms with E-state index in [1.807, 2.05) is 0 Å². The van der Waals surface area contributed by atoms with Gasteiger partial charge in [-0.3, -0.25) is 9.59 Å². The molecule has 2 fully saturated rings. The number of rotatable bonds is 5. The number of methoxy groups -OCH3 is 2. The number of benzene rings is 1. The molecule has 3 rings (SSSR count). The summed E-state index contributed by atoms with van der Waals surface area (Å²) in [6.07, 6.45) is 1.79. The topological polar surface area (TPSA) is 85.3 Å². The van der Waals surface area contributed by atoms with Gasteiger partial charge in [0.1, 0.15) is 17.1 Å². The fourth-order valence-corrected chi connectivity index (χ4v) is 3.99. The number of piperidine rings is 1. The van der Waals surface area contributed by atoms with Gasteiger partial charge in [0.2, 0.25) is 0 Å². The first-order valence-corrected chi connectivity index (χ1v) is 8.91. The minimum Gasteiger partial charge on any atom is -0.496 e. The molecule has 142 valence electrons. The summed E-state index contributed by atoms with van der Waals surface area (Å²) in [6.45, 7) is 1.63. The zero-order valence-electron chi connectivity index (χ0n) is 15.1. The molecule has 1 unspecified atom stereocenters. The summed E-state index contributed by atoms with van der Waals surface area (Å²) in [5, 5.41) is 9.35. The molecule has 1 aromatic carbocycles. The number of hydrogen-bond donors (Lipinski definition) is 1. The fraction of sp³-hybridized carbons (Fsp3) is 0.579. The average molecular weight is 363 g/mol. The molecule has 2 heterocycles. The summed E-state index contributed by atoms with van der Waals surface area (Å²) in [4.78, 5) is 26.2. The van der Waals surface area contributed by atoms with Crippen molar-refractivity contribution in [3.8, 4) is 11.5 Å². The third-order valence-electron chi connectivity index (χ3n) is 5.39. The quantitative estimate of drug-likeness (QED) is 0.862. The third kappa shape index (κ3) is 3.49. The van der Waals surface area contributed by atoms with Crippen LogP contribution in [0, 0.1) is 11.8 Å². The molecule has 0 spiro atoms. The average Bonchev–Trinajstić information content (AvgIpc) is 3.17. The number of carbonyl (C=O) groups is 2. The van der Waals surface area contributed by atoms with Gasteiger partial charge < -0.3 is 24.2 Å². The molecule has 0 aliphatic carbocycles. The normalized spacial score (nSPS) is 23.7. The van der Waals surface area contributed by atoms with Crippen LogP contribution >= 0.6 is 0 Å². The van der Waals surface area contributed by atoms with Crippen molar-refractivity contribution in [1.82, 2.24) is 4.90 Å². The molecule has 7 heteroatoms. The molecular weight excluding hydrogens is 338 g/mol. The Hall–Kier alpha value is -2.28. The lowest BCUT2D eigenvalue weighted by Gasteiger charge is -2.35. The number of aliphatic carboxylic acids is 1. The lowest BCUT2D eigenvalue weighted by Crippen LogP contribution is -2.43. The second kappa shape index (κ2) is 7.95. The Bertz CT molecular complexity index is 646. The molecule has 0 radical (unpaired) electrons. The summed E-state index contributed by atoms with van der Waals surface area (Å²) in [7, 11) is 3.06. The molecule has 1 aromatic rings. The van der Waals surface area contributed by atoms with Crippen LogP contribution in [-0.4, -0.2) is 61.9 Å². The van der Waals surface area contributed by atoms with Gasteiger partial charge in [0.05, 0.1) is 26.2 Å². The van der Waals surface area contributed by atoms with Crippen molar-refractivity contribution in [2.75, 3.05) is 33.9 Å². The number of carboxylic acids is 1. The van der Waals surface area contributed by atoms with Crippen molar-refractivity contribution in [2.45, 2.75) is 25.4 Å². The highest BCUT2D eigenvalue weighted by atomic mass is 16.5. The predicted molar refractivity (Wildman–Crippen MR) is 93.7 cm³/mol. The fourth-order valence-electron chi connectivity index (χ4n) is 3.99. The second-order valence-corrected chi connectivity index (χ2v) is 6.74. The number of nitrogens with zero attached hydrogens (tertiary/aromatic N) is 1. The lowest BCUT2D eigenvalue weighted by molar-refractivity contribution is -0.145. The van der Waals surface area contributed by atoms with E-state index in [-0.39, 0.29) is 17.9 Å². The van der Waals surface area contributed by atoms with Crippen LogP contribution in [0.1, 0.15) is 29.6 Å². The Morgan fingerprint density at radius 1 is 1.12 bits per heavy atom. The van der Waals surface area contributed by atoms with Gasteiger partial charge in [0.15, 0.2) is 0 Å². The van der Waals surface area contributed by atoms with Crippen LogP contribution in [0.15, 0.2) is 18.2 Å². The van der Waals surface area contributed by atoms with Gasteiger partial charge in [-0.05, 0) is 37.3 Å². The van der Waals surface area contributed by atoms with Crippen molar-refractivity contribution in [1.29, 1.82) is 0 Å². The molecule has 0 saturated carbocycles. The molecule has 7 nitrogen and oxygen atoms in total. The second-order valence-electron chi connectivity index (χ2n) is 6.74. The minimum absolute atomic E-state index is 0.125. The molecule has 26 heavy (non-hydrogen) atoms. The van der Waals surface area contributed by atoms with Crippen LogP contribution in [0.3, 0.4) is 0 Å². The van der Waals surface area contributed by atoms with E-state index in [0.29, 0.717) is 43.2 Å². The summed E-state index contributed by atoms with van der Waals surface area (Å²) >= 11 is 0. The van der Waals surface area contributed by atoms with Crippen LogP contribution < -0.4 is 9.47 Å². The van der Waals surface area contributed by atoms with Crippen molar-refractivity contribution in [2.24, 2.45) is 11.8 Å². The van der Waals surface area contributed by atoms with Gasteiger partial charge in [0, 0.05) is 19.7 Å². The highest BCUT2D eigenvalue weighted by Crippen LogP contribution is 2.35. The molecule has 2 aliphatic rings. The molecule has 2 atom stereocenters. The van der Waals surface area contributed by atoms with Gasteiger partial charge in [0.25, 0.3) is 5.91 Å². The van der Waals surface area contributed by atoms with Crippen molar-refractivity contribution in [3.63, 3.8) is 0 Å². The minimum atomic E-state index is -0.787. The van der Waals surface area contributed by atoms with Gasteiger partial charge in [-0.25, -0.2) is 0 Å². The summed E-state index contributed by atoms with van der Waals surface area (Å²) in [5.41, 5.74) is 0.427. The number of carboxylic acid groups (broad SMARTS) is 1. The first kappa shape index (κ1) is 18.5. The molecular formula is C19H25NO6. The van der Waals surface area contributed by atoms with E-state index in [1.165, 1.54) is 14.2 Å². The van der Waals surface area contributed by atoms with E-state index in [2.05, 4.69) is 0 Å². The van der Waals surface area contributed by atoms with Crippen molar-refractivity contribution in [3.05, 3.63) is 23.8 Å². The van der Waals surface area contributed by atoms with Gasteiger partial charge in [-0.15, -0.1) is 0 Å². The smallest absolute Gasteiger partial charge is 0.309 e. The van der Waals surface area contributed by atoms with E-state index in [0.717, 1.165) is 12.8 Å². The van der Waals surface area contributed by atoms with E-state index in [9.17, 15) is 14.7 Å². The van der Waals surface area contributed by atoms with Gasteiger partial charge in [-0.1, -0.05) is 6.07 Å². The Morgan fingerprint density at radius 3 is 2.27 bits per heavy atom. The molecule has 2 saturated heterocycles. The Labute approximate surface area is 152 Å². The van der Waals surface area contributed by atoms with Crippen LogP contribution in [0.25, 0.3) is 0 Å². The Kier molecular flexibility index (Phi) is 5.66. The van der Waals surface area contributed by atoms with Crippen LogP contribution in [0.2, 0.25) is 0 Å². The summed E-state index contributed by atoms with van der Waals surface area (Å²) < 4.78 is 16.4. The first-order chi connectivity index (χ1) is 12.6. The number of ether oxygens (including phenoxy) is 3. The highest BCUT2D eigenvalue weighted by Gasteiger charge is 2.41. The number of likely N-dealkylation sites (tertiary alicyclic amines) is 1. The van der Waals surface area contributed by atoms with E-state index in [1.54, 1.807) is 23.1 Å². The zero-order valence-corrected chi connectivity index (χ0v) is 15.1. The highest BCUT2D eigenvalue weighted by molar-refractivity contribution is 5.99. The van der Waals surface area contributed by atoms with Crippen LogP contribution in [0.5, 0.6) is 11.5 Å². The van der Waals surface area contributed by atoms with Gasteiger partial charge >= 0.3 is 5.97 Å². The maximum absolute atomic E-state index is 13.0. The molecule has 0 aromatic heterocycles. The molecule has 1 amide bonds. The first-order valence-electron chi connectivity index (χ1n) is 8.91. The predicted octanol–water partition coefficient (Wildman–Crippen LogP) is 2.05. The Morgan fingerprint density at radius 2 is 1.73 bits per heavy atom. The maximum atomic E-state index is 13.0. The molecule has 1 N–H and O–H groups in total. The monoisotopic (exact) mass is 363 g/mol. The maximum Gasteiger partial charge on any atom is 0.309 e. The summed E-state index contributed by atoms with van der Waals surface area (Å²) in [5.74, 6) is -0.202. The third-order valence-corrected chi connectivity index (χ3v) is 5.39. The Balaban J connectivity index is 1.69. The summed E-state index contributed by atoms with van der Waals surface area (Å²) in [6, 6.07) is 5.27. The van der Waals surface area contributed by atoms with Crippen molar-refractivity contribution >= 4 is 11.9 Å². The standard InChI is InChI=1S/C19H25NO6/c1-24-14-4-3-5-15(25-2)16(14)18(21)20-9-6-12(7-10-20)17-13(19(22)23)8-11-26-17/h3-5,12-13,17H,6-11H2,1-2H3,(H,22,23)/t13?,17-/m0/s1. The van der Waals surface area contributed by atoms with Crippen molar-refractivity contribution < 1.29 is 28.9 Å². The number of carbonyl (C=O) groups excluding carboxylic acids is 1. The van der Waals surface area contributed by atoms with Crippen LogP contribution in [0.4, 0.5) is 0 Å². The SMILES string of the molecule is COc1cccc(OC)c1C(=O)N1CCC([C@@H]2OCCC2C(=O)O)CC1. The lowest BCUT2D eigenvalue weighted by atomic mass is 9.84. The molecule has 2 aliphatic heterocycles. The van der Waals surface area contributed by atoms with Gasteiger partial charge in [-0.2, -0.15) is 0 Å². The van der Waals surface area contributed by atoms with E-state index in [4.69, 9.17) is 14.2 Å². The van der Waals surface area contributed by atoms with E-state index < -0.39 is 11.9 Å². The van der Waals surface area contributed by atoms with Crippen LogP contribution in [-0.2, 0) is 9.53 Å². The number of amides is 1.